The highest BCUT2D eigenvalue weighted by Gasteiger charge is 2.30. The lowest BCUT2D eigenvalue weighted by Gasteiger charge is -2.35. The average molecular weight is 242 g/mol. The molecule has 2 aliphatic heterocycles. The molecule has 2 heterocycles. The number of hydrogen-bond donors (Lipinski definition) is 0. The van der Waals surface area contributed by atoms with Crippen molar-refractivity contribution < 1.29 is 9.59 Å². The second-order valence-corrected chi connectivity index (χ2v) is 5.64. The Morgan fingerprint density at radius 1 is 1.12 bits per heavy atom. The number of amides is 2. The van der Waals surface area contributed by atoms with Crippen LogP contribution in [-0.4, -0.2) is 58.8 Å². The van der Waals surface area contributed by atoms with Crippen molar-refractivity contribution in [1.29, 1.82) is 0 Å². The normalized spacial score (nSPS) is 25.9. The predicted molar refractivity (Wildman–Crippen MR) is 64.3 cm³/mol. The maximum absolute atomic E-state index is 12.1. The number of nitrogens with zero attached hydrogens (tertiary/aromatic N) is 2. The molecule has 0 aromatic carbocycles. The first-order chi connectivity index (χ1) is 7.68. The lowest BCUT2D eigenvalue weighted by molar-refractivity contribution is -0.138. The van der Waals surface area contributed by atoms with Gasteiger partial charge in [0.15, 0.2) is 0 Å². The summed E-state index contributed by atoms with van der Waals surface area (Å²) in [7, 11) is 0. The van der Waals surface area contributed by atoms with Crippen LogP contribution in [0.25, 0.3) is 0 Å². The smallest absolute Gasteiger partial charge is 0.235 e. The van der Waals surface area contributed by atoms with Gasteiger partial charge in [-0.2, -0.15) is 0 Å². The van der Waals surface area contributed by atoms with Gasteiger partial charge in [-0.1, -0.05) is 0 Å². The van der Waals surface area contributed by atoms with E-state index in [2.05, 4.69) is 0 Å². The van der Waals surface area contributed by atoms with E-state index in [4.69, 9.17) is 0 Å². The van der Waals surface area contributed by atoms with Crippen LogP contribution < -0.4 is 0 Å². The van der Waals surface area contributed by atoms with Gasteiger partial charge in [-0.3, -0.25) is 9.59 Å². The topological polar surface area (TPSA) is 40.6 Å². The Morgan fingerprint density at radius 3 is 2.25 bits per heavy atom. The van der Waals surface area contributed by atoms with Crippen molar-refractivity contribution in [3.05, 3.63) is 0 Å². The molecule has 90 valence electrons. The minimum atomic E-state index is 0.113. The quantitative estimate of drug-likeness (QED) is 0.675. The summed E-state index contributed by atoms with van der Waals surface area (Å²) in [6.45, 7) is 4.38. The van der Waals surface area contributed by atoms with Crippen LogP contribution in [0.15, 0.2) is 0 Å². The van der Waals surface area contributed by atoms with Crippen molar-refractivity contribution in [1.82, 2.24) is 9.80 Å². The maximum atomic E-state index is 12.1. The van der Waals surface area contributed by atoms with Crippen LogP contribution in [0.3, 0.4) is 0 Å². The summed E-state index contributed by atoms with van der Waals surface area (Å²) in [5, 5.41) is 0.184. The molecule has 1 unspecified atom stereocenters. The van der Waals surface area contributed by atoms with Crippen molar-refractivity contribution in [2.24, 2.45) is 0 Å². The summed E-state index contributed by atoms with van der Waals surface area (Å²) in [5.74, 6) is 1.51. The molecule has 0 aliphatic carbocycles. The van der Waals surface area contributed by atoms with Crippen LogP contribution in [0.5, 0.6) is 0 Å². The molecule has 4 nitrogen and oxygen atoms in total. The molecule has 0 saturated carbocycles. The maximum Gasteiger partial charge on any atom is 0.235 e. The second-order valence-electron chi connectivity index (χ2n) is 4.33. The number of carbonyl (C=O) groups excluding carboxylic acids is 2. The molecule has 2 rings (SSSR count). The van der Waals surface area contributed by atoms with Crippen LogP contribution in [0.1, 0.15) is 19.8 Å². The van der Waals surface area contributed by atoms with E-state index in [9.17, 15) is 9.59 Å². The first kappa shape index (κ1) is 11.8. The zero-order valence-corrected chi connectivity index (χ0v) is 10.5. The summed E-state index contributed by atoms with van der Waals surface area (Å²) in [5.41, 5.74) is 0. The van der Waals surface area contributed by atoms with Crippen molar-refractivity contribution >= 4 is 23.6 Å². The molecule has 2 fully saturated rings. The number of thioether (sulfide) groups is 1. The highest BCUT2D eigenvalue weighted by atomic mass is 32.2. The van der Waals surface area contributed by atoms with E-state index in [1.54, 1.807) is 18.7 Å². The van der Waals surface area contributed by atoms with E-state index < -0.39 is 0 Å². The highest BCUT2D eigenvalue weighted by Crippen LogP contribution is 2.27. The number of piperazine rings is 1. The Morgan fingerprint density at radius 2 is 1.75 bits per heavy atom. The first-order valence-electron chi connectivity index (χ1n) is 5.84. The Kier molecular flexibility index (Phi) is 3.74. The molecule has 0 spiro atoms. The molecule has 16 heavy (non-hydrogen) atoms. The molecule has 0 bridgehead atoms. The van der Waals surface area contributed by atoms with Gasteiger partial charge in [-0.15, -0.1) is 11.8 Å². The molecule has 0 aromatic heterocycles. The average Bonchev–Trinajstić information content (AvgIpc) is 2.81. The minimum absolute atomic E-state index is 0.113. The molecule has 2 saturated heterocycles. The van der Waals surface area contributed by atoms with Crippen LogP contribution in [0, 0.1) is 0 Å². The minimum Gasteiger partial charge on any atom is -0.339 e. The summed E-state index contributed by atoms with van der Waals surface area (Å²) in [6, 6.07) is 0. The van der Waals surface area contributed by atoms with E-state index in [1.165, 1.54) is 0 Å². The Bertz CT molecular complexity index is 282. The largest absolute Gasteiger partial charge is 0.339 e. The highest BCUT2D eigenvalue weighted by molar-refractivity contribution is 8.00. The zero-order chi connectivity index (χ0) is 11.5. The molecule has 1 atom stereocenters. The third-order valence-corrected chi connectivity index (χ3v) is 4.61. The van der Waals surface area contributed by atoms with Crippen molar-refractivity contribution in [2.75, 3.05) is 31.9 Å². The summed E-state index contributed by atoms with van der Waals surface area (Å²) >= 11 is 1.78. The molecular weight excluding hydrogens is 224 g/mol. The Labute approximate surface area is 100 Å². The number of carbonyl (C=O) groups is 2. The van der Waals surface area contributed by atoms with Crippen LogP contribution in [0.4, 0.5) is 0 Å². The van der Waals surface area contributed by atoms with Gasteiger partial charge in [0.25, 0.3) is 0 Å². The Hall–Kier alpha value is -0.710. The summed E-state index contributed by atoms with van der Waals surface area (Å²) in [6.07, 6.45) is 2.19. The fourth-order valence-corrected chi connectivity index (χ4v) is 3.46. The van der Waals surface area contributed by atoms with Gasteiger partial charge in [-0.05, 0) is 18.6 Å². The van der Waals surface area contributed by atoms with Crippen molar-refractivity contribution in [2.45, 2.75) is 25.0 Å². The Balaban J connectivity index is 1.84. The first-order valence-corrected chi connectivity index (χ1v) is 6.89. The van der Waals surface area contributed by atoms with E-state index in [-0.39, 0.29) is 17.1 Å². The number of hydrogen-bond acceptors (Lipinski definition) is 3. The van der Waals surface area contributed by atoms with Gasteiger partial charge in [0.1, 0.15) is 0 Å². The monoisotopic (exact) mass is 242 g/mol. The lowest BCUT2D eigenvalue weighted by Crippen LogP contribution is -2.51. The van der Waals surface area contributed by atoms with Crippen molar-refractivity contribution in [3.63, 3.8) is 0 Å². The van der Waals surface area contributed by atoms with Gasteiger partial charge in [0, 0.05) is 33.1 Å². The van der Waals surface area contributed by atoms with E-state index in [0.717, 1.165) is 18.6 Å². The molecule has 5 heteroatoms. The molecule has 2 amide bonds. The van der Waals surface area contributed by atoms with E-state index in [1.807, 2.05) is 9.80 Å². The van der Waals surface area contributed by atoms with Crippen LogP contribution in [-0.2, 0) is 9.59 Å². The third-order valence-electron chi connectivity index (χ3n) is 3.24. The van der Waals surface area contributed by atoms with Gasteiger partial charge in [-0.25, -0.2) is 0 Å². The fraction of sp³-hybridized carbons (Fsp3) is 0.818. The zero-order valence-electron chi connectivity index (χ0n) is 9.65. The van der Waals surface area contributed by atoms with Gasteiger partial charge < -0.3 is 9.80 Å². The molecule has 2 aliphatic rings. The predicted octanol–water partition coefficient (Wildman–Crippen LogP) is 0.573. The van der Waals surface area contributed by atoms with Gasteiger partial charge in [0.05, 0.1) is 5.25 Å². The third kappa shape index (κ3) is 2.51. The lowest BCUT2D eigenvalue weighted by atomic mass is 10.2. The summed E-state index contributed by atoms with van der Waals surface area (Å²) < 4.78 is 0. The number of rotatable bonds is 1. The van der Waals surface area contributed by atoms with Crippen molar-refractivity contribution in [3.8, 4) is 0 Å². The molecule has 0 radical (unpaired) electrons. The molecule has 0 aromatic rings. The van der Waals surface area contributed by atoms with Crippen LogP contribution in [0.2, 0.25) is 0 Å². The van der Waals surface area contributed by atoms with Gasteiger partial charge >= 0.3 is 0 Å². The van der Waals surface area contributed by atoms with Crippen LogP contribution >= 0.6 is 11.8 Å². The van der Waals surface area contributed by atoms with Gasteiger partial charge in [0.2, 0.25) is 11.8 Å². The SMILES string of the molecule is CC(=O)N1CCN(C(=O)C2CCCS2)CC1. The second kappa shape index (κ2) is 5.08. The molecule has 0 N–H and O–H groups in total. The summed E-state index contributed by atoms with van der Waals surface area (Å²) in [4.78, 5) is 27.0. The van der Waals surface area contributed by atoms with E-state index >= 15 is 0 Å². The fourth-order valence-electron chi connectivity index (χ4n) is 2.22. The van der Waals surface area contributed by atoms with E-state index in [0.29, 0.717) is 26.2 Å². The molecular formula is C11H18N2O2S. The standard InChI is InChI=1S/C11H18N2O2S/c1-9(14)12-4-6-13(7-5-12)11(15)10-3-2-8-16-10/h10H,2-8H2,1H3.